The Morgan fingerprint density at radius 3 is 2.59 bits per heavy atom. The Hall–Kier alpha value is -2.89. The van der Waals surface area contributed by atoms with Crippen molar-refractivity contribution < 1.29 is 14.5 Å². The number of amides is 1. The van der Waals surface area contributed by atoms with E-state index in [0.717, 1.165) is 11.1 Å². The Labute approximate surface area is 127 Å². The van der Waals surface area contributed by atoms with E-state index in [-0.39, 0.29) is 11.6 Å². The van der Waals surface area contributed by atoms with Gasteiger partial charge in [0.2, 0.25) is 0 Å². The minimum absolute atomic E-state index is 0.0459. The molecule has 0 radical (unpaired) electrons. The molecule has 0 aromatic heterocycles. The molecule has 6 heteroatoms. The fourth-order valence-corrected chi connectivity index (χ4v) is 2.54. The number of hydrogen-bond acceptors (Lipinski definition) is 4. The van der Waals surface area contributed by atoms with Crippen LogP contribution in [0.15, 0.2) is 42.5 Å². The van der Waals surface area contributed by atoms with Gasteiger partial charge in [0.15, 0.2) is 0 Å². The predicted octanol–water partition coefficient (Wildman–Crippen LogP) is 2.76. The zero-order chi connectivity index (χ0) is 15.7. The van der Waals surface area contributed by atoms with Gasteiger partial charge in [-0.3, -0.25) is 14.9 Å². The van der Waals surface area contributed by atoms with Crippen molar-refractivity contribution in [2.24, 2.45) is 0 Å². The van der Waals surface area contributed by atoms with Crippen molar-refractivity contribution in [3.63, 3.8) is 0 Å². The first-order valence-corrected chi connectivity index (χ1v) is 6.78. The van der Waals surface area contributed by atoms with Crippen molar-refractivity contribution in [3.05, 3.63) is 69.3 Å². The molecule has 0 saturated carbocycles. The van der Waals surface area contributed by atoms with Crippen LogP contribution in [0.2, 0.25) is 0 Å². The minimum atomic E-state index is -0.438. The molecule has 1 heterocycles. The van der Waals surface area contributed by atoms with Crippen LogP contribution in [0.5, 0.6) is 5.75 Å². The normalized spacial score (nSPS) is 13.1. The van der Waals surface area contributed by atoms with Crippen LogP contribution in [-0.2, 0) is 13.1 Å². The van der Waals surface area contributed by atoms with E-state index in [1.54, 1.807) is 30.2 Å². The number of benzene rings is 2. The average molecular weight is 298 g/mol. The van der Waals surface area contributed by atoms with Crippen LogP contribution in [0.4, 0.5) is 5.69 Å². The van der Waals surface area contributed by atoms with Gasteiger partial charge in [-0.15, -0.1) is 0 Å². The molecule has 0 spiro atoms. The molecule has 0 unspecified atom stereocenters. The Morgan fingerprint density at radius 1 is 1.23 bits per heavy atom. The monoisotopic (exact) mass is 298 g/mol. The zero-order valence-corrected chi connectivity index (χ0v) is 12.0. The minimum Gasteiger partial charge on any atom is -0.497 e. The molecule has 1 amide bonds. The second kappa shape index (κ2) is 5.48. The van der Waals surface area contributed by atoms with Crippen LogP contribution < -0.4 is 4.74 Å². The van der Waals surface area contributed by atoms with Crippen LogP contribution in [0.25, 0.3) is 0 Å². The molecule has 0 bridgehead atoms. The molecule has 112 valence electrons. The number of carbonyl (C=O) groups excluding carboxylic acids is 1. The molecule has 0 atom stereocenters. The van der Waals surface area contributed by atoms with Gasteiger partial charge >= 0.3 is 0 Å². The zero-order valence-electron chi connectivity index (χ0n) is 12.0. The van der Waals surface area contributed by atoms with Crippen LogP contribution >= 0.6 is 0 Å². The van der Waals surface area contributed by atoms with E-state index in [1.807, 2.05) is 12.1 Å². The molecular formula is C16H14N2O4. The van der Waals surface area contributed by atoms with E-state index < -0.39 is 4.92 Å². The third-order valence-corrected chi connectivity index (χ3v) is 3.72. The second-order valence-electron chi connectivity index (χ2n) is 5.11. The van der Waals surface area contributed by atoms with Gasteiger partial charge in [-0.1, -0.05) is 18.2 Å². The van der Waals surface area contributed by atoms with Crippen molar-refractivity contribution in [1.82, 2.24) is 4.90 Å². The molecule has 22 heavy (non-hydrogen) atoms. The highest BCUT2D eigenvalue weighted by Crippen LogP contribution is 2.28. The summed E-state index contributed by atoms with van der Waals surface area (Å²) in [5, 5.41) is 10.6. The molecule has 2 aromatic carbocycles. The highest BCUT2D eigenvalue weighted by atomic mass is 16.6. The van der Waals surface area contributed by atoms with E-state index in [1.165, 1.54) is 12.1 Å². The number of non-ortho nitro benzene ring substituents is 1. The quantitative estimate of drug-likeness (QED) is 0.642. The van der Waals surface area contributed by atoms with E-state index >= 15 is 0 Å². The standard InChI is InChI=1S/C16H14N2O4/c1-22-14-7-4-12-10-17(16(19)15(12)8-14)9-11-2-5-13(6-3-11)18(20)21/h2-8H,9-10H2,1H3. The van der Waals surface area contributed by atoms with Gasteiger partial charge < -0.3 is 9.64 Å². The number of hydrogen-bond donors (Lipinski definition) is 0. The summed E-state index contributed by atoms with van der Waals surface area (Å²) in [6, 6.07) is 11.7. The first-order chi connectivity index (χ1) is 10.6. The molecule has 0 saturated heterocycles. The first kappa shape index (κ1) is 14.1. The van der Waals surface area contributed by atoms with Crippen molar-refractivity contribution in [2.75, 3.05) is 7.11 Å². The van der Waals surface area contributed by atoms with E-state index in [9.17, 15) is 14.9 Å². The number of rotatable bonds is 4. The van der Waals surface area contributed by atoms with Gasteiger partial charge in [0.1, 0.15) is 5.75 Å². The number of ether oxygens (including phenoxy) is 1. The SMILES string of the molecule is COc1ccc2c(c1)C(=O)N(Cc1ccc([N+](=O)[O-])cc1)C2. The first-order valence-electron chi connectivity index (χ1n) is 6.78. The maximum absolute atomic E-state index is 12.4. The van der Waals surface area contributed by atoms with E-state index in [2.05, 4.69) is 0 Å². The van der Waals surface area contributed by atoms with Gasteiger partial charge in [0.05, 0.1) is 12.0 Å². The fourth-order valence-electron chi connectivity index (χ4n) is 2.54. The molecular weight excluding hydrogens is 284 g/mol. The third-order valence-electron chi connectivity index (χ3n) is 3.72. The summed E-state index contributed by atoms with van der Waals surface area (Å²) in [5.41, 5.74) is 2.53. The van der Waals surface area contributed by atoms with E-state index in [0.29, 0.717) is 24.4 Å². The Balaban J connectivity index is 1.77. The Morgan fingerprint density at radius 2 is 1.95 bits per heavy atom. The van der Waals surface area contributed by atoms with Crippen LogP contribution in [0, 0.1) is 10.1 Å². The van der Waals surface area contributed by atoms with Crippen molar-refractivity contribution >= 4 is 11.6 Å². The lowest BCUT2D eigenvalue weighted by Crippen LogP contribution is -2.23. The fraction of sp³-hybridized carbons (Fsp3) is 0.188. The largest absolute Gasteiger partial charge is 0.497 e. The molecule has 0 fully saturated rings. The van der Waals surface area contributed by atoms with Crippen LogP contribution in [0.1, 0.15) is 21.5 Å². The van der Waals surface area contributed by atoms with Gasteiger partial charge in [-0.2, -0.15) is 0 Å². The summed E-state index contributed by atoms with van der Waals surface area (Å²) in [7, 11) is 1.57. The molecule has 3 rings (SSSR count). The Bertz CT molecular complexity index is 740. The van der Waals surface area contributed by atoms with Crippen LogP contribution in [0.3, 0.4) is 0 Å². The summed E-state index contributed by atoms with van der Waals surface area (Å²) in [6.07, 6.45) is 0. The smallest absolute Gasteiger partial charge is 0.269 e. The number of nitro benzene ring substituents is 1. The molecule has 1 aliphatic heterocycles. The van der Waals surface area contributed by atoms with Gasteiger partial charge in [0, 0.05) is 30.8 Å². The highest BCUT2D eigenvalue weighted by molar-refractivity contribution is 5.98. The maximum Gasteiger partial charge on any atom is 0.269 e. The lowest BCUT2D eigenvalue weighted by atomic mass is 10.1. The Kier molecular flexibility index (Phi) is 3.50. The van der Waals surface area contributed by atoms with E-state index in [4.69, 9.17) is 4.74 Å². The third kappa shape index (κ3) is 2.50. The number of carbonyl (C=O) groups is 1. The topological polar surface area (TPSA) is 72.7 Å². The number of nitro groups is 1. The number of methoxy groups -OCH3 is 1. The lowest BCUT2D eigenvalue weighted by Gasteiger charge is -2.15. The van der Waals surface area contributed by atoms with Crippen molar-refractivity contribution in [2.45, 2.75) is 13.1 Å². The summed E-state index contributed by atoms with van der Waals surface area (Å²) in [4.78, 5) is 24.3. The average Bonchev–Trinajstić information content (AvgIpc) is 2.83. The molecule has 0 aliphatic carbocycles. The van der Waals surface area contributed by atoms with Gasteiger partial charge in [-0.25, -0.2) is 0 Å². The molecule has 2 aromatic rings. The second-order valence-corrected chi connectivity index (χ2v) is 5.11. The number of fused-ring (bicyclic) bond motifs is 1. The van der Waals surface area contributed by atoms with Gasteiger partial charge in [0.25, 0.3) is 11.6 Å². The molecule has 6 nitrogen and oxygen atoms in total. The predicted molar refractivity (Wildman–Crippen MR) is 79.7 cm³/mol. The van der Waals surface area contributed by atoms with Crippen LogP contribution in [-0.4, -0.2) is 22.8 Å². The highest BCUT2D eigenvalue weighted by Gasteiger charge is 2.27. The summed E-state index contributed by atoms with van der Waals surface area (Å²) in [6.45, 7) is 0.961. The summed E-state index contributed by atoms with van der Waals surface area (Å²) >= 11 is 0. The van der Waals surface area contributed by atoms with Gasteiger partial charge in [-0.05, 0) is 23.3 Å². The summed E-state index contributed by atoms with van der Waals surface area (Å²) < 4.78 is 5.14. The lowest BCUT2D eigenvalue weighted by molar-refractivity contribution is -0.384. The number of nitrogens with zero attached hydrogens (tertiary/aromatic N) is 2. The van der Waals surface area contributed by atoms with Crippen molar-refractivity contribution in [3.8, 4) is 5.75 Å². The molecule has 0 N–H and O–H groups in total. The molecule has 1 aliphatic rings. The summed E-state index contributed by atoms with van der Waals surface area (Å²) in [5.74, 6) is 0.608. The van der Waals surface area contributed by atoms with Crippen molar-refractivity contribution in [1.29, 1.82) is 0 Å². The maximum atomic E-state index is 12.4.